The van der Waals surface area contributed by atoms with Crippen molar-refractivity contribution in [3.05, 3.63) is 65.5 Å². The molecule has 1 amide bonds. The van der Waals surface area contributed by atoms with Crippen molar-refractivity contribution < 1.29 is 10.0 Å². The summed E-state index contributed by atoms with van der Waals surface area (Å²) in [4.78, 5) is 21.4. The van der Waals surface area contributed by atoms with Gasteiger partial charge in [-0.15, -0.1) is 12.4 Å². The van der Waals surface area contributed by atoms with Crippen molar-refractivity contribution in [2.45, 2.75) is 20.3 Å². The van der Waals surface area contributed by atoms with Crippen molar-refractivity contribution >= 4 is 41.1 Å². The fraction of sp³-hybridized carbons (Fsp3) is 0.238. The summed E-state index contributed by atoms with van der Waals surface area (Å²) in [5, 5.41) is 8.49. The molecule has 6 nitrogen and oxygen atoms in total. The standard InChI is InChI=1S/C21H24N4O2.ClH/c1-3-25(4-2)17-10-11-18-19(14-17)23-20(22-18)13-16-7-5-15(6-8-16)9-12-21(26)24-27;/h5-12,14,27H,3-4,13H2,1-2H3,(H,22,23)(H,24,26);1H/b12-9+;. The number of H-pyrrole nitrogens is 1. The number of imidazole rings is 1. The Balaban J connectivity index is 0.00000280. The molecule has 0 unspecified atom stereocenters. The normalized spacial score (nSPS) is 10.8. The number of rotatable bonds is 7. The largest absolute Gasteiger partial charge is 0.372 e. The van der Waals surface area contributed by atoms with Crippen LogP contribution in [0.15, 0.2) is 48.5 Å². The second kappa shape index (κ2) is 9.92. The molecule has 28 heavy (non-hydrogen) atoms. The average molecular weight is 401 g/mol. The van der Waals surface area contributed by atoms with Gasteiger partial charge >= 0.3 is 0 Å². The summed E-state index contributed by atoms with van der Waals surface area (Å²) in [6.45, 7) is 6.26. The molecule has 0 atom stereocenters. The molecule has 3 aromatic rings. The number of aromatic amines is 1. The predicted molar refractivity (Wildman–Crippen MR) is 115 cm³/mol. The Morgan fingerprint density at radius 3 is 2.54 bits per heavy atom. The highest BCUT2D eigenvalue weighted by Crippen LogP contribution is 2.21. The topological polar surface area (TPSA) is 81.2 Å². The molecule has 3 rings (SSSR count). The van der Waals surface area contributed by atoms with Crippen LogP contribution in [0.4, 0.5) is 5.69 Å². The Morgan fingerprint density at radius 1 is 1.18 bits per heavy atom. The Kier molecular flexibility index (Phi) is 7.61. The van der Waals surface area contributed by atoms with Gasteiger partial charge in [0.05, 0.1) is 11.0 Å². The number of hydrogen-bond donors (Lipinski definition) is 3. The maximum Gasteiger partial charge on any atom is 0.267 e. The minimum atomic E-state index is -0.551. The van der Waals surface area contributed by atoms with E-state index < -0.39 is 5.91 Å². The second-order valence-corrected chi connectivity index (χ2v) is 6.28. The van der Waals surface area contributed by atoms with Crippen molar-refractivity contribution in [1.29, 1.82) is 0 Å². The quantitative estimate of drug-likeness (QED) is 0.319. The number of carbonyl (C=O) groups excluding carboxylic acids is 1. The van der Waals surface area contributed by atoms with Crippen LogP contribution in [0.25, 0.3) is 17.1 Å². The van der Waals surface area contributed by atoms with Crippen LogP contribution < -0.4 is 10.4 Å². The first-order valence-corrected chi connectivity index (χ1v) is 9.07. The summed E-state index contributed by atoms with van der Waals surface area (Å²) < 4.78 is 0. The van der Waals surface area contributed by atoms with E-state index in [1.807, 2.05) is 24.3 Å². The van der Waals surface area contributed by atoms with Gasteiger partial charge in [0.2, 0.25) is 0 Å². The van der Waals surface area contributed by atoms with E-state index in [4.69, 9.17) is 5.21 Å². The molecule has 0 saturated carbocycles. The first kappa shape index (κ1) is 21.5. The molecule has 148 valence electrons. The van der Waals surface area contributed by atoms with Gasteiger partial charge in [0.1, 0.15) is 5.82 Å². The number of benzene rings is 2. The Hall–Kier alpha value is -2.83. The molecular formula is C21H25ClN4O2. The van der Waals surface area contributed by atoms with Crippen LogP contribution in [0, 0.1) is 0 Å². The third kappa shape index (κ3) is 5.12. The summed E-state index contributed by atoms with van der Waals surface area (Å²) in [5.74, 6) is 0.370. The van der Waals surface area contributed by atoms with Crippen molar-refractivity contribution in [3.63, 3.8) is 0 Å². The molecule has 7 heteroatoms. The smallest absolute Gasteiger partial charge is 0.267 e. The van der Waals surface area contributed by atoms with E-state index in [0.29, 0.717) is 6.42 Å². The van der Waals surface area contributed by atoms with E-state index >= 15 is 0 Å². The average Bonchev–Trinajstić information content (AvgIpc) is 3.09. The first-order chi connectivity index (χ1) is 13.1. The minimum Gasteiger partial charge on any atom is -0.372 e. The third-order valence-electron chi connectivity index (χ3n) is 4.53. The highest BCUT2D eigenvalue weighted by Gasteiger charge is 2.07. The number of halogens is 1. The van der Waals surface area contributed by atoms with Gasteiger partial charge in [-0.3, -0.25) is 10.0 Å². The molecular weight excluding hydrogens is 376 g/mol. The van der Waals surface area contributed by atoms with E-state index in [0.717, 1.165) is 41.1 Å². The van der Waals surface area contributed by atoms with Crippen LogP contribution in [0.5, 0.6) is 0 Å². The number of carbonyl (C=O) groups is 1. The van der Waals surface area contributed by atoms with Crippen LogP contribution in [-0.2, 0) is 11.2 Å². The van der Waals surface area contributed by atoms with Gasteiger partial charge in [0.25, 0.3) is 5.91 Å². The van der Waals surface area contributed by atoms with Crippen molar-refractivity contribution in [2.75, 3.05) is 18.0 Å². The molecule has 0 radical (unpaired) electrons. The minimum absolute atomic E-state index is 0. The molecule has 3 N–H and O–H groups in total. The van der Waals surface area contributed by atoms with Gasteiger partial charge < -0.3 is 9.88 Å². The van der Waals surface area contributed by atoms with Crippen molar-refractivity contribution in [1.82, 2.24) is 15.4 Å². The van der Waals surface area contributed by atoms with Crippen LogP contribution >= 0.6 is 12.4 Å². The lowest BCUT2D eigenvalue weighted by atomic mass is 10.1. The van der Waals surface area contributed by atoms with Gasteiger partial charge in [-0.05, 0) is 49.2 Å². The summed E-state index contributed by atoms with van der Waals surface area (Å²) >= 11 is 0. The predicted octanol–water partition coefficient (Wildman–Crippen LogP) is 3.94. The zero-order valence-corrected chi connectivity index (χ0v) is 16.8. The Morgan fingerprint density at radius 2 is 1.89 bits per heavy atom. The maximum atomic E-state index is 11.0. The number of anilines is 1. The number of nitrogens with one attached hydrogen (secondary N) is 2. The lowest BCUT2D eigenvalue weighted by Gasteiger charge is -2.20. The summed E-state index contributed by atoms with van der Waals surface area (Å²) in [5.41, 5.74) is 6.79. The van der Waals surface area contributed by atoms with Gasteiger partial charge in [-0.25, -0.2) is 10.5 Å². The van der Waals surface area contributed by atoms with Gasteiger partial charge in [0.15, 0.2) is 0 Å². The summed E-state index contributed by atoms with van der Waals surface area (Å²) in [7, 11) is 0. The van der Waals surface area contributed by atoms with E-state index in [9.17, 15) is 4.79 Å². The fourth-order valence-corrected chi connectivity index (χ4v) is 3.07. The zero-order chi connectivity index (χ0) is 19.2. The number of nitrogens with zero attached hydrogens (tertiary/aromatic N) is 2. The van der Waals surface area contributed by atoms with Crippen molar-refractivity contribution in [2.24, 2.45) is 0 Å². The van der Waals surface area contributed by atoms with Crippen molar-refractivity contribution in [3.8, 4) is 0 Å². The lowest BCUT2D eigenvalue weighted by molar-refractivity contribution is -0.124. The fourth-order valence-electron chi connectivity index (χ4n) is 3.07. The Bertz CT molecular complexity index is 947. The molecule has 1 heterocycles. The highest BCUT2D eigenvalue weighted by molar-refractivity contribution is 5.90. The number of hydroxylamine groups is 1. The van der Waals surface area contributed by atoms with E-state index in [2.05, 4.69) is 46.9 Å². The number of fused-ring (bicyclic) bond motifs is 1. The molecule has 2 aromatic carbocycles. The van der Waals surface area contributed by atoms with Gasteiger partial charge in [-0.2, -0.15) is 0 Å². The molecule has 0 saturated heterocycles. The number of amides is 1. The van der Waals surface area contributed by atoms with E-state index in [-0.39, 0.29) is 12.4 Å². The molecule has 0 aliphatic carbocycles. The maximum absolute atomic E-state index is 11.0. The molecule has 0 fully saturated rings. The molecule has 0 spiro atoms. The lowest BCUT2D eigenvalue weighted by Crippen LogP contribution is -2.21. The number of aromatic nitrogens is 2. The van der Waals surface area contributed by atoms with E-state index in [1.54, 1.807) is 11.6 Å². The van der Waals surface area contributed by atoms with Crippen LogP contribution in [0.2, 0.25) is 0 Å². The SMILES string of the molecule is CCN(CC)c1ccc2nc(Cc3ccc(/C=C/C(=O)NO)cc3)[nH]c2c1.Cl. The molecule has 0 aliphatic rings. The molecule has 0 bridgehead atoms. The number of hydrogen-bond acceptors (Lipinski definition) is 4. The monoisotopic (exact) mass is 400 g/mol. The summed E-state index contributed by atoms with van der Waals surface area (Å²) in [6, 6.07) is 14.2. The Labute approximate surface area is 170 Å². The van der Waals surface area contributed by atoms with Gasteiger partial charge in [0, 0.05) is 31.3 Å². The van der Waals surface area contributed by atoms with Crippen LogP contribution in [-0.4, -0.2) is 34.2 Å². The zero-order valence-electron chi connectivity index (χ0n) is 16.0. The second-order valence-electron chi connectivity index (χ2n) is 6.28. The third-order valence-corrected chi connectivity index (χ3v) is 4.53. The summed E-state index contributed by atoms with van der Waals surface area (Å²) in [6.07, 6.45) is 3.63. The van der Waals surface area contributed by atoms with E-state index in [1.165, 1.54) is 11.8 Å². The van der Waals surface area contributed by atoms with Crippen LogP contribution in [0.3, 0.4) is 0 Å². The molecule has 0 aliphatic heterocycles. The van der Waals surface area contributed by atoms with Gasteiger partial charge in [-0.1, -0.05) is 24.3 Å². The first-order valence-electron chi connectivity index (χ1n) is 9.07. The van der Waals surface area contributed by atoms with Crippen LogP contribution in [0.1, 0.15) is 30.8 Å². The molecule has 1 aromatic heterocycles. The highest BCUT2D eigenvalue weighted by atomic mass is 35.5.